The van der Waals surface area contributed by atoms with E-state index in [1.807, 2.05) is 24.3 Å². The van der Waals surface area contributed by atoms with Gasteiger partial charge in [0.05, 0.1) is 12.5 Å². The molecule has 1 aliphatic heterocycles. The smallest absolute Gasteiger partial charge is 0.231 e. The van der Waals surface area contributed by atoms with Crippen molar-refractivity contribution >= 4 is 5.91 Å². The summed E-state index contributed by atoms with van der Waals surface area (Å²) in [6.45, 7) is 0.254. The highest BCUT2D eigenvalue weighted by molar-refractivity contribution is 5.79. The van der Waals surface area contributed by atoms with Gasteiger partial charge in [0.1, 0.15) is 0 Å². The molecule has 4 nitrogen and oxygen atoms in total. The van der Waals surface area contributed by atoms with Gasteiger partial charge in [-0.3, -0.25) is 4.79 Å². The van der Waals surface area contributed by atoms with E-state index in [-0.39, 0.29) is 18.7 Å². The van der Waals surface area contributed by atoms with Crippen LogP contribution in [0.3, 0.4) is 0 Å². The first-order chi connectivity index (χ1) is 11.3. The van der Waals surface area contributed by atoms with Crippen LogP contribution in [0.2, 0.25) is 0 Å². The van der Waals surface area contributed by atoms with Crippen LogP contribution in [0.5, 0.6) is 11.5 Å². The quantitative estimate of drug-likeness (QED) is 0.947. The molecule has 4 rings (SSSR count). The van der Waals surface area contributed by atoms with Crippen LogP contribution in [-0.4, -0.2) is 12.7 Å². The second-order valence-electron chi connectivity index (χ2n) is 6.08. The van der Waals surface area contributed by atoms with E-state index in [4.69, 9.17) is 9.47 Å². The third-order valence-electron chi connectivity index (χ3n) is 4.51. The molecule has 0 bridgehead atoms. The molecule has 0 saturated carbocycles. The fourth-order valence-electron chi connectivity index (χ4n) is 3.39. The van der Waals surface area contributed by atoms with Crippen LogP contribution in [0.1, 0.15) is 35.6 Å². The monoisotopic (exact) mass is 309 g/mol. The van der Waals surface area contributed by atoms with Crippen LogP contribution >= 0.6 is 0 Å². The molecule has 1 atom stereocenters. The van der Waals surface area contributed by atoms with Crippen molar-refractivity contribution in [3.05, 3.63) is 59.2 Å². The Morgan fingerprint density at radius 3 is 2.96 bits per heavy atom. The maximum atomic E-state index is 12.4. The molecule has 0 aromatic heterocycles. The van der Waals surface area contributed by atoms with Crippen molar-refractivity contribution in [1.29, 1.82) is 0 Å². The lowest BCUT2D eigenvalue weighted by Crippen LogP contribution is -2.32. The van der Waals surface area contributed by atoms with Crippen molar-refractivity contribution in [2.45, 2.75) is 31.7 Å². The molecule has 0 radical (unpaired) electrons. The summed E-state index contributed by atoms with van der Waals surface area (Å²) >= 11 is 0. The van der Waals surface area contributed by atoms with E-state index < -0.39 is 0 Å². The molecule has 2 aromatic carbocycles. The van der Waals surface area contributed by atoms with Crippen LogP contribution in [0.15, 0.2) is 42.5 Å². The van der Waals surface area contributed by atoms with Crippen molar-refractivity contribution < 1.29 is 14.3 Å². The van der Waals surface area contributed by atoms with Crippen LogP contribution in [-0.2, 0) is 17.6 Å². The van der Waals surface area contributed by atoms with E-state index in [9.17, 15) is 4.79 Å². The normalized spacial score (nSPS) is 18.3. The van der Waals surface area contributed by atoms with Crippen LogP contribution in [0.25, 0.3) is 0 Å². The average Bonchev–Trinajstić information content (AvgIpc) is 3.03. The van der Waals surface area contributed by atoms with E-state index in [0.717, 1.165) is 36.3 Å². The number of amides is 1. The lowest BCUT2D eigenvalue weighted by Gasteiger charge is -2.26. The Labute approximate surface area is 135 Å². The lowest BCUT2D eigenvalue weighted by atomic mass is 9.87. The zero-order valence-corrected chi connectivity index (χ0v) is 12.9. The zero-order valence-electron chi connectivity index (χ0n) is 12.9. The van der Waals surface area contributed by atoms with Crippen molar-refractivity contribution in [2.24, 2.45) is 0 Å². The molecule has 23 heavy (non-hydrogen) atoms. The van der Waals surface area contributed by atoms with Gasteiger partial charge >= 0.3 is 0 Å². The molecule has 1 N–H and O–H groups in total. The largest absolute Gasteiger partial charge is 0.454 e. The number of fused-ring (bicyclic) bond motifs is 2. The molecular weight excluding hydrogens is 290 g/mol. The van der Waals surface area contributed by atoms with Gasteiger partial charge in [-0.15, -0.1) is 0 Å². The minimum atomic E-state index is 0.0468. The second kappa shape index (κ2) is 5.95. The third-order valence-corrected chi connectivity index (χ3v) is 4.51. The summed E-state index contributed by atoms with van der Waals surface area (Å²) in [5, 5.41) is 3.18. The van der Waals surface area contributed by atoms with Crippen molar-refractivity contribution in [2.75, 3.05) is 6.79 Å². The lowest BCUT2D eigenvalue weighted by molar-refractivity contribution is -0.121. The first-order valence-electron chi connectivity index (χ1n) is 8.05. The van der Waals surface area contributed by atoms with Crippen molar-refractivity contribution in [3.63, 3.8) is 0 Å². The van der Waals surface area contributed by atoms with Gasteiger partial charge in [0, 0.05) is 0 Å². The van der Waals surface area contributed by atoms with Gasteiger partial charge in [0.15, 0.2) is 11.5 Å². The molecule has 0 saturated heterocycles. The maximum Gasteiger partial charge on any atom is 0.231 e. The molecule has 2 aromatic rings. The molecule has 4 heteroatoms. The minimum Gasteiger partial charge on any atom is -0.454 e. The molecule has 0 unspecified atom stereocenters. The van der Waals surface area contributed by atoms with E-state index >= 15 is 0 Å². The Balaban J connectivity index is 1.45. The molecule has 118 valence electrons. The number of rotatable bonds is 3. The standard InChI is InChI=1S/C19H19NO3/c21-19(11-13-8-9-17-18(10-13)23-12-22-17)20-16-7-3-5-14-4-1-2-6-15(14)16/h1-2,4,6,8-10,16H,3,5,7,11-12H2,(H,20,21)/t16-/m1/s1. The van der Waals surface area contributed by atoms with Gasteiger partial charge in [-0.2, -0.15) is 0 Å². The first-order valence-corrected chi connectivity index (χ1v) is 8.05. The molecule has 0 spiro atoms. The van der Waals surface area contributed by atoms with Gasteiger partial charge in [-0.1, -0.05) is 30.3 Å². The highest BCUT2D eigenvalue weighted by Gasteiger charge is 2.21. The molecule has 1 heterocycles. The number of hydrogen-bond donors (Lipinski definition) is 1. The molecular formula is C19H19NO3. The number of aryl methyl sites for hydroxylation is 1. The van der Waals surface area contributed by atoms with Crippen LogP contribution in [0, 0.1) is 0 Å². The van der Waals surface area contributed by atoms with Crippen LogP contribution < -0.4 is 14.8 Å². The van der Waals surface area contributed by atoms with Crippen LogP contribution in [0.4, 0.5) is 0 Å². The van der Waals surface area contributed by atoms with E-state index in [0.29, 0.717) is 6.42 Å². The molecule has 0 fully saturated rings. The third kappa shape index (κ3) is 2.89. The summed E-state index contributed by atoms with van der Waals surface area (Å²) in [6, 6.07) is 14.2. The Kier molecular flexibility index (Phi) is 3.66. The molecule has 1 aliphatic carbocycles. The van der Waals surface area contributed by atoms with Gasteiger partial charge < -0.3 is 14.8 Å². The summed E-state index contributed by atoms with van der Waals surface area (Å²) in [6.07, 6.45) is 3.58. The number of carbonyl (C=O) groups is 1. The number of carbonyl (C=O) groups excluding carboxylic acids is 1. The summed E-state index contributed by atoms with van der Waals surface area (Å²) in [5.41, 5.74) is 3.56. The Morgan fingerprint density at radius 1 is 1.13 bits per heavy atom. The van der Waals surface area contributed by atoms with E-state index in [2.05, 4.69) is 23.5 Å². The van der Waals surface area contributed by atoms with Gasteiger partial charge in [0.25, 0.3) is 0 Å². The summed E-state index contributed by atoms with van der Waals surface area (Å²) in [5.74, 6) is 1.51. The minimum absolute atomic E-state index is 0.0468. The summed E-state index contributed by atoms with van der Waals surface area (Å²) in [7, 11) is 0. The number of benzene rings is 2. The van der Waals surface area contributed by atoms with Gasteiger partial charge in [-0.05, 0) is 48.1 Å². The summed E-state index contributed by atoms with van der Waals surface area (Å²) < 4.78 is 10.7. The van der Waals surface area contributed by atoms with Gasteiger partial charge in [0.2, 0.25) is 12.7 Å². The Bertz CT molecular complexity index is 741. The number of nitrogens with one attached hydrogen (secondary N) is 1. The molecule has 1 amide bonds. The first kappa shape index (κ1) is 14.1. The maximum absolute atomic E-state index is 12.4. The predicted molar refractivity (Wildman–Crippen MR) is 86.5 cm³/mol. The fourth-order valence-corrected chi connectivity index (χ4v) is 3.39. The predicted octanol–water partition coefficient (Wildman–Crippen LogP) is 3.15. The second-order valence-corrected chi connectivity index (χ2v) is 6.08. The number of ether oxygens (including phenoxy) is 2. The highest BCUT2D eigenvalue weighted by atomic mass is 16.7. The summed E-state index contributed by atoms with van der Waals surface area (Å²) in [4.78, 5) is 12.4. The van der Waals surface area contributed by atoms with E-state index in [1.165, 1.54) is 11.1 Å². The average molecular weight is 309 g/mol. The van der Waals surface area contributed by atoms with Gasteiger partial charge in [-0.25, -0.2) is 0 Å². The zero-order chi connectivity index (χ0) is 15.6. The highest BCUT2D eigenvalue weighted by Crippen LogP contribution is 2.33. The van der Waals surface area contributed by atoms with E-state index in [1.54, 1.807) is 0 Å². The van der Waals surface area contributed by atoms with Crippen molar-refractivity contribution in [3.8, 4) is 11.5 Å². The SMILES string of the molecule is O=C(Cc1ccc2c(c1)OCO2)N[C@@H]1CCCc2ccccc21. The fraction of sp³-hybridized carbons (Fsp3) is 0.316. The molecule has 2 aliphatic rings. The Hall–Kier alpha value is -2.49. The topological polar surface area (TPSA) is 47.6 Å². The van der Waals surface area contributed by atoms with Crippen molar-refractivity contribution in [1.82, 2.24) is 5.32 Å². The Morgan fingerprint density at radius 2 is 2.00 bits per heavy atom. The number of hydrogen-bond acceptors (Lipinski definition) is 3.